The van der Waals surface area contributed by atoms with Gasteiger partial charge in [-0.1, -0.05) is 17.7 Å². The van der Waals surface area contributed by atoms with Crippen LogP contribution in [0.4, 0.5) is 0 Å². The van der Waals surface area contributed by atoms with Gasteiger partial charge in [0.1, 0.15) is 0 Å². The molecular weight excluding hydrogens is 244 g/mol. The number of aromatic amines is 1. The Balaban J connectivity index is 2.22. The SMILES string of the molecule is CNCC1CCCc2[nH]c3c(C)c(Cl)ccc3c21. The van der Waals surface area contributed by atoms with Crippen molar-refractivity contribution in [3.8, 4) is 0 Å². The van der Waals surface area contributed by atoms with Gasteiger partial charge in [-0.3, -0.25) is 0 Å². The molecule has 1 aliphatic carbocycles. The fourth-order valence-electron chi connectivity index (χ4n) is 3.24. The van der Waals surface area contributed by atoms with Gasteiger partial charge in [-0.05, 0) is 56.3 Å². The summed E-state index contributed by atoms with van der Waals surface area (Å²) in [6, 6.07) is 4.20. The molecule has 18 heavy (non-hydrogen) atoms. The molecule has 1 atom stereocenters. The fraction of sp³-hybridized carbons (Fsp3) is 0.467. The smallest absolute Gasteiger partial charge is 0.0503 e. The maximum Gasteiger partial charge on any atom is 0.0503 e. The second-order valence-electron chi connectivity index (χ2n) is 5.26. The molecule has 1 aromatic heterocycles. The zero-order valence-electron chi connectivity index (χ0n) is 10.9. The first kappa shape index (κ1) is 12.1. The molecule has 1 unspecified atom stereocenters. The molecule has 0 saturated carbocycles. The minimum Gasteiger partial charge on any atom is -0.358 e. The van der Waals surface area contributed by atoms with Crippen LogP contribution < -0.4 is 5.32 Å². The normalized spacial score (nSPS) is 19.2. The zero-order chi connectivity index (χ0) is 12.7. The molecule has 3 rings (SSSR count). The number of benzene rings is 1. The average Bonchev–Trinajstić information content (AvgIpc) is 2.75. The maximum atomic E-state index is 6.22. The molecule has 1 heterocycles. The summed E-state index contributed by atoms with van der Waals surface area (Å²) in [4.78, 5) is 3.60. The number of nitrogens with one attached hydrogen (secondary N) is 2. The molecular formula is C15H19ClN2. The summed E-state index contributed by atoms with van der Waals surface area (Å²) in [5.41, 5.74) is 5.34. The molecule has 2 N–H and O–H groups in total. The average molecular weight is 263 g/mol. The van der Waals surface area contributed by atoms with E-state index in [9.17, 15) is 0 Å². The number of fused-ring (bicyclic) bond motifs is 3. The summed E-state index contributed by atoms with van der Waals surface area (Å²) in [6.07, 6.45) is 3.72. The molecule has 0 saturated heterocycles. The number of hydrogen-bond donors (Lipinski definition) is 2. The van der Waals surface area contributed by atoms with Crippen molar-refractivity contribution in [2.45, 2.75) is 32.1 Å². The lowest BCUT2D eigenvalue weighted by atomic mass is 9.85. The van der Waals surface area contributed by atoms with Gasteiger partial charge in [-0.2, -0.15) is 0 Å². The first-order valence-corrected chi connectivity index (χ1v) is 7.04. The van der Waals surface area contributed by atoms with E-state index in [2.05, 4.69) is 23.3 Å². The van der Waals surface area contributed by atoms with E-state index in [-0.39, 0.29) is 0 Å². The minimum absolute atomic E-state index is 0.632. The number of H-pyrrole nitrogens is 1. The Bertz CT molecular complexity index is 586. The van der Waals surface area contributed by atoms with Crippen LogP contribution in [0.5, 0.6) is 0 Å². The molecule has 0 fully saturated rings. The van der Waals surface area contributed by atoms with Crippen molar-refractivity contribution in [2.24, 2.45) is 0 Å². The highest BCUT2D eigenvalue weighted by Crippen LogP contribution is 2.38. The quantitative estimate of drug-likeness (QED) is 0.847. The molecule has 1 aromatic carbocycles. The molecule has 0 radical (unpaired) electrons. The lowest BCUT2D eigenvalue weighted by Crippen LogP contribution is -2.20. The van der Waals surface area contributed by atoms with Crippen LogP contribution in [0.2, 0.25) is 5.02 Å². The van der Waals surface area contributed by atoms with Crippen LogP contribution in [0.25, 0.3) is 10.9 Å². The van der Waals surface area contributed by atoms with E-state index in [1.165, 1.54) is 47.0 Å². The Morgan fingerprint density at radius 1 is 1.44 bits per heavy atom. The zero-order valence-corrected chi connectivity index (χ0v) is 11.7. The van der Waals surface area contributed by atoms with Gasteiger partial charge in [-0.15, -0.1) is 0 Å². The number of aryl methyl sites for hydroxylation is 2. The number of halogens is 1. The standard InChI is InChI=1S/C15H19ClN2/c1-9-12(16)7-6-11-14-10(8-17-2)4-3-5-13(14)18-15(9)11/h6-7,10,17-18H,3-5,8H2,1-2H3. The van der Waals surface area contributed by atoms with E-state index in [0.29, 0.717) is 5.92 Å². The molecule has 3 heteroatoms. The van der Waals surface area contributed by atoms with E-state index in [4.69, 9.17) is 11.6 Å². The molecule has 1 aliphatic rings. The largest absolute Gasteiger partial charge is 0.358 e. The van der Waals surface area contributed by atoms with Gasteiger partial charge in [-0.25, -0.2) is 0 Å². The molecule has 0 spiro atoms. The molecule has 0 bridgehead atoms. The summed E-state index contributed by atoms with van der Waals surface area (Å²) < 4.78 is 0. The summed E-state index contributed by atoms with van der Waals surface area (Å²) >= 11 is 6.22. The van der Waals surface area contributed by atoms with Crippen molar-refractivity contribution in [2.75, 3.05) is 13.6 Å². The van der Waals surface area contributed by atoms with Crippen molar-refractivity contribution in [3.63, 3.8) is 0 Å². The van der Waals surface area contributed by atoms with Crippen LogP contribution in [-0.2, 0) is 6.42 Å². The molecule has 2 nitrogen and oxygen atoms in total. The van der Waals surface area contributed by atoms with Crippen molar-refractivity contribution in [3.05, 3.63) is 34.0 Å². The third kappa shape index (κ3) is 1.75. The van der Waals surface area contributed by atoms with Crippen molar-refractivity contribution >= 4 is 22.5 Å². The van der Waals surface area contributed by atoms with Gasteiger partial charge in [0.15, 0.2) is 0 Å². The van der Waals surface area contributed by atoms with Gasteiger partial charge in [0.2, 0.25) is 0 Å². The Kier molecular flexibility index (Phi) is 3.08. The van der Waals surface area contributed by atoms with Crippen molar-refractivity contribution in [1.82, 2.24) is 10.3 Å². The molecule has 96 valence electrons. The van der Waals surface area contributed by atoms with Gasteiger partial charge < -0.3 is 10.3 Å². The number of likely N-dealkylation sites (N-methyl/N-ethyl adjacent to an activating group) is 1. The van der Waals surface area contributed by atoms with Gasteiger partial charge in [0.25, 0.3) is 0 Å². The summed E-state index contributed by atoms with van der Waals surface area (Å²) in [6.45, 7) is 3.15. The van der Waals surface area contributed by atoms with Crippen molar-refractivity contribution in [1.29, 1.82) is 0 Å². The van der Waals surface area contributed by atoms with E-state index in [0.717, 1.165) is 11.6 Å². The predicted octanol–water partition coefficient (Wildman–Crippen LogP) is 3.77. The first-order valence-electron chi connectivity index (χ1n) is 6.66. The van der Waals surface area contributed by atoms with Crippen LogP contribution in [0.15, 0.2) is 12.1 Å². The molecule has 0 amide bonds. The van der Waals surface area contributed by atoms with E-state index in [1.54, 1.807) is 0 Å². The predicted molar refractivity (Wildman–Crippen MR) is 77.7 cm³/mol. The maximum absolute atomic E-state index is 6.22. The Labute approximate surface area is 113 Å². The van der Waals surface area contributed by atoms with Gasteiger partial charge in [0, 0.05) is 22.6 Å². The Morgan fingerprint density at radius 3 is 3.06 bits per heavy atom. The highest BCUT2D eigenvalue weighted by Gasteiger charge is 2.24. The third-order valence-corrected chi connectivity index (χ3v) is 4.54. The lowest BCUT2D eigenvalue weighted by Gasteiger charge is -2.22. The van der Waals surface area contributed by atoms with Crippen LogP contribution >= 0.6 is 11.6 Å². The summed E-state index contributed by atoms with van der Waals surface area (Å²) in [5.74, 6) is 0.632. The second kappa shape index (κ2) is 4.60. The van der Waals surface area contributed by atoms with Crippen LogP contribution in [0, 0.1) is 6.92 Å². The highest BCUT2D eigenvalue weighted by molar-refractivity contribution is 6.32. The second-order valence-corrected chi connectivity index (χ2v) is 5.67. The number of rotatable bonds is 2. The van der Waals surface area contributed by atoms with Crippen molar-refractivity contribution < 1.29 is 0 Å². The lowest BCUT2D eigenvalue weighted by molar-refractivity contribution is 0.529. The van der Waals surface area contributed by atoms with E-state index >= 15 is 0 Å². The number of hydrogen-bond acceptors (Lipinski definition) is 1. The third-order valence-electron chi connectivity index (χ3n) is 4.13. The summed E-state index contributed by atoms with van der Waals surface area (Å²) in [7, 11) is 2.03. The van der Waals surface area contributed by atoms with Gasteiger partial charge in [0.05, 0.1) is 5.52 Å². The molecule has 0 aliphatic heterocycles. The van der Waals surface area contributed by atoms with E-state index in [1.807, 2.05) is 13.1 Å². The van der Waals surface area contributed by atoms with Crippen LogP contribution in [-0.4, -0.2) is 18.6 Å². The Hall–Kier alpha value is -0.990. The molecule has 2 aromatic rings. The summed E-state index contributed by atoms with van der Waals surface area (Å²) in [5, 5.41) is 5.54. The fourth-order valence-corrected chi connectivity index (χ4v) is 3.39. The topological polar surface area (TPSA) is 27.8 Å². The van der Waals surface area contributed by atoms with Gasteiger partial charge >= 0.3 is 0 Å². The monoisotopic (exact) mass is 262 g/mol. The highest BCUT2D eigenvalue weighted by atomic mass is 35.5. The number of aromatic nitrogens is 1. The minimum atomic E-state index is 0.632. The van der Waals surface area contributed by atoms with E-state index < -0.39 is 0 Å². The van der Waals surface area contributed by atoms with Crippen LogP contribution in [0.1, 0.15) is 35.6 Å². The van der Waals surface area contributed by atoms with Crippen LogP contribution in [0.3, 0.4) is 0 Å². The Morgan fingerprint density at radius 2 is 2.28 bits per heavy atom. The first-order chi connectivity index (χ1) is 8.72.